The van der Waals surface area contributed by atoms with Gasteiger partial charge in [-0.2, -0.15) is 0 Å². The molecule has 0 bridgehead atoms. The molecule has 1 aliphatic heterocycles. The standard InChI is InChI=1S/C12H17NO2/c1-2-5-9(13)12-8-14-10-6-3-4-7-11(10)15-12/h3-4,6-7,9,12H,2,5,8,13H2,1H3/t9-,12?/m1/s1. The van der Waals surface area contributed by atoms with Crippen LogP contribution in [0.3, 0.4) is 0 Å². The van der Waals surface area contributed by atoms with Gasteiger partial charge < -0.3 is 15.2 Å². The molecule has 0 amide bonds. The lowest BCUT2D eigenvalue weighted by Crippen LogP contribution is -2.44. The minimum atomic E-state index is -0.0140. The van der Waals surface area contributed by atoms with Gasteiger partial charge in [-0.15, -0.1) is 0 Å². The van der Waals surface area contributed by atoms with Crippen molar-refractivity contribution in [2.75, 3.05) is 6.61 Å². The van der Waals surface area contributed by atoms with Crippen molar-refractivity contribution in [2.45, 2.75) is 31.9 Å². The van der Waals surface area contributed by atoms with E-state index in [-0.39, 0.29) is 12.1 Å². The van der Waals surface area contributed by atoms with Crippen LogP contribution in [-0.4, -0.2) is 18.8 Å². The summed E-state index contributed by atoms with van der Waals surface area (Å²) in [6.07, 6.45) is 2.03. The fraction of sp³-hybridized carbons (Fsp3) is 0.500. The Kier molecular flexibility index (Phi) is 3.11. The molecule has 1 aromatic rings. The van der Waals surface area contributed by atoms with Gasteiger partial charge in [0.05, 0.1) is 0 Å². The first-order valence-electron chi connectivity index (χ1n) is 5.45. The zero-order chi connectivity index (χ0) is 10.7. The van der Waals surface area contributed by atoms with E-state index in [1.165, 1.54) is 0 Å². The van der Waals surface area contributed by atoms with Gasteiger partial charge in [-0.1, -0.05) is 25.5 Å². The number of benzene rings is 1. The lowest BCUT2D eigenvalue weighted by Gasteiger charge is -2.30. The molecule has 0 aromatic heterocycles. The SMILES string of the molecule is CCC[C@@H](N)C1COc2ccccc2O1. The normalized spacial score (nSPS) is 21.1. The van der Waals surface area contributed by atoms with Gasteiger partial charge in [-0.25, -0.2) is 0 Å². The number of hydrogen-bond acceptors (Lipinski definition) is 3. The Morgan fingerprint density at radius 3 is 2.87 bits per heavy atom. The molecule has 1 aromatic carbocycles. The lowest BCUT2D eigenvalue weighted by molar-refractivity contribution is 0.0699. The van der Waals surface area contributed by atoms with Gasteiger partial charge in [0.15, 0.2) is 11.5 Å². The van der Waals surface area contributed by atoms with Crippen LogP contribution >= 0.6 is 0 Å². The van der Waals surface area contributed by atoms with Crippen LogP contribution in [-0.2, 0) is 0 Å². The number of rotatable bonds is 3. The van der Waals surface area contributed by atoms with Crippen LogP contribution in [0.2, 0.25) is 0 Å². The van der Waals surface area contributed by atoms with E-state index in [1.54, 1.807) is 0 Å². The summed E-state index contributed by atoms with van der Waals surface area (Å²) in [5.74, 6) is 1.62. The number of ether oxygens (including phenoxy) is 2. The molecule has 0 spiro atoms. The maximum atomic E-state index is 6.01. The second kappa shape index (κ2) is 4.53. The number of fused-ring (bicyclic) bond motifs is 1. The summed E-state index contributed by atoms with van der Waals surface area (Å²) in [5, 5.41) is 0. The highest BCUT2D eigenvalue weighted by Crippen LogP contribution is 2.31. The molecule has 2 rings (SSSR count). The van der Waals surface area contributed by atoms with E-state index in [4.69, 9.17) is 15.2 Å². The van der Waals surface area contributed by atoms with Crippen LogP contribution in [0.5, 0.6) is 11.5 Å². The third kappa shape index (κ3) is 2.23. The second-order valence-corrected chi connectivity index (χ2v) is 3.87. The first kappa shape index (κ1) is 10.3. The Morgan fingerprint density at radius 2 is 2.13 bits per heavy atom. The molecule has 0 aliphatic carbocycles. The fourth-order valence-corrected chi connectivity index (χ4v) is 1.77. The van der Waals surface area contributed by atoms with E-state index < -0.39 is 0 Å². The van der Waals surface area contributed by atoms with Gasteiger partial charge in [0, 0.05) is 6.04 Å². The highest BCUT2D eigenvalue weighted by atomic mass is 16.6. The summed E-state index contributed by atoms with van der Waals surface area (Å²) in [4.78, 5) is 0. The Hall–Kier alpha value is -1.22. The van der Waals surface area contributed by atoms with E-state index >= 15 is 0 Å². The molecule has 0 saturated heterocycles. The molecule has 0 radical (unpaired) electrons. The topological polar surface area (TPSA) is 44.5 Å². The highest BCUT2D eigenvalue weighted by molar-refractivity contribution is 5.40. The molecule has 15 heavy (non-hydrogen) atoms. The van der Waals surface area contributed by atoms with Crippen molar-refractivity contribution >= 4 is 0 Å². The predicted octanol–water partition coefficient (Wildman–Crippen LogP) is 1.95. The van der Waals surface area contributed by atoms with Crippen molar-refractivity contribution in [3.05, 3.63) is 24.3 Å². The Morgan fingerprint density at radius 1 is 1.40 bits per heavy atom. The van der Waals surface area contributed by atoms with E-state index in [0.29, 0.717) is 6.61 Å². The summed E-state index contributed by atoms with van der Waals surface area (Å²) in [5.41, 5.74) is 6.01. The molecule has 2 N–H and O–H groups in total. The largest absolute Gasteiger partial charge is 0.486 e. The van der Waals surface area contributed by atoms with Crippen molar-refractivity contribution in [1.82, 2.24) is 0 Å². The van der Waals surface area contributed by atoms with Crippen LogP contribution in [0.4, 0.5) is 0 Å². The fourth-order valence-electron chi connectivity index (χ4n) is 1.77. The van der Waals surface area contributed by atoms with Crippen LogP contribution < -0.4 is 15.2 Å². The molecule has 82 valence electrons. The highest BCUT2D eigenvalue weighted by Gasteiger charge is 2.25. The molecular weight excluding hydrogens is 190 g/mol. The Bertz CT molecular complexity index is 327. The van der Waals surface area contributed by atoms with Crippen molar-refractivity contribution < 1.29 is 9.47 Å². The first-order valence-corrected chi connectivity index (χ1v) is 5.45. The van der Waals surface area contributed by atoms with Gasteiger partial charge in [-0.05, 0) is 18.6 Å². The van der Waals surface area contributed by atoms with Gasteiger partial charge >= 0.3 is 0 Å². The van der Waals surface area contributed by atoms with E-state index in [9.17, 15) is 0 Å². The van der Waals surface area contributed by atoms with Crippen LogP contribution in [0, 0.1) is 0 Å². The smallest absolute Gasteiger partial charge is 0.161 e. The third-order valence-electron chi connectivity index (χ3n) is 2.63. The first-order chi connectivity index (χ1) is 7.31. The molecule has 1 heterocycles. The van der Waals surface area contributed by atoms with Crippen molar-refractivity contribution in [1.29, 1.82) is 0 Å². The molecule has 2 atom stereocenters. The second-order valence-electron chi connectivity index (χ2n) is 3.87. The van der Waals surface area contributed by atoms with Crippen molar-refractivity contribution in [2.24, 2.45) is 5.73 Å². The number of nitrogens with two attached hydrogens (primary N) is 1. The molecular formula is C12H17NO2. The zero-order valence-corrected chi connectivity index (χ0v) is 8.98. The molecule has 1 aliphatic rings. The van der Waals surface area contributed by atoms with Gasteiger partial charge in [0.2, 0.25) is 0 Å². The molecule has 3 nitrogen and oxygen atoms in total. The third-order valence-corrected chi connectivity index (χ3v) is 2.63. The van der Waals surface area contributed by atoms with E-state index in [0.717, 1.165) is 24.3 Å². The van der Waals surface area contributed by atoms with Crippen LogP contribution in [0.25, 0.3) is 0 Å². The van der Waals surface area contributed by atoms with E-state index in [2.05, 4.69) is 6.92 Å². The van der Waals surface area contributed by atoms with Crippen molar-refractivity contribution in [3.63, 3.8) is 0 Å². The molecule has 0 saturated carbocycles. The van der Waals surface area contributed by atoms with Crippen LogP contribution in [0.1, 0.15) is 19.8 Å². The average molecular weight is 207 g/mol. The summed E-state index contributed by atoms with van der Waals surface area (Å²) >= 11 is 0. The maximum Gasteiger partial charge on any atom is 0.161 e. The average Bonchev–Trinajstić information content (AvgIpc) is 2.29. The predicted molar refractivity (Wildman–Crippen MR) is 59.2 cm³/mol. The summed E-state index contributed by atoms with van der Waals surface area (Å²) < 4.78 is 11.4. The summed E-state index contributed by atoms with van der Waals surface area (Å²) in [6.45, 7) is 2.68. The quantitative estimate of drug-likeness (QED) is 0.824. The number of hydrogen-bond donors (Lipinski definition) is 1. The Labute approximate surface area is 90.2 Å². The van der Waals surface area contributed by atoms with Crippen LogP contribution in [0.15, 0.2) is 24.3 Å². The summed E-state index contributed by atoms with van der Waals surface area (Å²) in [6, 6.07) is 7.77. The maximum absolute atomic E-state index is 6.01. The number of para-hydroxylation sites is 2. The van der Waals surface area contributed by atoms with Crippen molar-refractivity contribution in [3.8, 4) is 11.5 Å². The molecule has 0 fully saturated rings. The monoisotopic (exact) mass is 207 g/mol. The molecule has 1 unspecified atom stereocenters. The zero-order valence-electron chi connectivity index (χ0n) is 8.98. The Balaban J connectivity index is 2.05. The van der Waals surface area contributed by atoms with E-state index in [1.807, 2.05) is 24.3 Å². The van der Waals surface area contributed by atoms with Gasteiger partial charge in [-0.3, -0.25) is 0 Å². The minimum Gasteiger partial charge on any atom is -0.486 e. The molecule has 3 heteroatoms. The summed E-state index contributed by atoms with van der Waals surface area (Å²) in [7, 11) is 0. The minimum absolute atomic E-state index is 0.0140. The van der Waals surface area contributed by atoms with Gasteiger partial charge in [0.25, 0.3) is 0 Å². The van der Waals surface area contributed by atoms with Gasteiger partial charge in [0.1, 0.15) is 12.7 Å². The lowest BCUT2D eigenvalue weighted by atomic mass is 10.1.